The molecule has 0 bridgehead atoms. The average Bonchev–Trinajstić information content (AvgIpc) is 3.15. The summed E-state index contributed by atoms with van der Waals surface area (Å²) < 4.78 is 1.90. The molecular formula is C19H18ClN3O. The Hall–Kier alpha value is -2.59. The molecule has 2 aromatic carbocycles. The summed E-state index contributed by atoms with van der Waals surface area (Å²) in [7, 11) is 0. The second-order valence-corrected chi connectivity index (χ2v) is 5.83. The van der Waals surface area contributed by atoms with E-state index >= 15 is 0 Å². The van der Waals surface area contributed by atoms with Crippen molar-refractivity contribution in [3.05, 3.63) is 83.4 Å². The maximum absolute atomic E-state index is 12.8. The summed E-state index contributed by atoms with van der Waals surface area (Å²) in [6, 6.07) is 15.1. The van der Waals surface area contributed by atoms with Gasteiger partial charge in [0, 0.05) is 41.8 Å². The first-order valence-electron chi connectivity index (χ1n) is 7.80. The highest BCUT2D eigenvalue weighted by Gasteiger charge is 2.15. The standard InChI is InChI=1S/C19H18ClN3O/c1-2-22(13-16-5-3-4-6-18(16)20)19(24)15-7-9-17(10-8-15)23-12-11-21-14-23/h3-12,14H,2,13H2,1H3. The van der Waals surface area contributed by atoms with Crippen molar-refractivity contribution in [1.29, 1.82) is 0 Å². The third kappa shape index (κ3) is 3.49. The van der Waals surface area contributed by atoms with Crippen LogP contribution in [0.4, 0.5) is 0 Å². The highest BCUT2D eigenvalue weighted by atomic mass is 35.5. The van der Waals surface area contributed by atoms with E-state index in [0.717, 1.165) is 11.3 Å². The maximum atomic E-state index is 12.8. The lowest BCUT2D eigenvalue weighted by Gasteiger charge is -2.22. The molecule has 0 saturated carbocycles. The Morgan fingerprint density at radius 1 is 1.17 bits per heavy atom. The Kier molecular flexibility index (Phi) is 4.96. The monoisotopic (exact) mass is 339 g/mol. The Balaban J connectivity index is 1.77. The zero-order valence-corrected chi connectivity index (χ0v) is 14.1. The summed E-state index contributed by atoms with van der Waals surface area (Å²) in [5.74, 6) is -0.00500. The Morgan fingerprint density at radius 2 is 1.92 bits per heavy atom. The summed E-state index contributed by atoms with van der Waals surface area (Å²) in [6.07, 6.45) is 5.32. The minimum atomic E-state index is -0.00500. The van der Waals surface area contributed by atoms with Crippen LogP contribution in [0.5, 0.6) is 0 Å². The van der Waals surface area contributed by atoms with E-state index in [1.54, 1.807) is 17.4 Å². The number of imidazole rings is 1. The molecule has 0 atom stereocenters. The molecule has 4 nitrogen and oxygen atoms in total. The van der Waals surface area contributed by atoms with Gasteiger partial charge in [-0.3, -0.25) is 4.79 Å². The van der Waals surface area contributed by atoms with Gasteiger partial charge in [0.25, 0.3) is 5.91 Å². The first-order chi connectivity index (χ1) is 11.7. The fourth-order valence-electron chi connectivity index (χ4n) is 2.53. The lowest BCUT2D eigenvalue weighted by atomic mass is 10.1. The van der Waals surface area contributed by atoms with E-state index in [0.29, 0.717) is 23.7 Å². The maximum Gasteiger partial charge on any atom is 0.254 e. The van der Waals surface area contributed by atoms with Crippen LogP contribution in [0.2, 0.25) is 5.02 Å². The van der Waals surface area contributed by atoms with Gasteiger partial charge in [-0.15, -0.1) is 0 Å². The quantitative estimate of drug-likeness (QED) is 0.699. The number of nitrogens with zero attached hydrogens (tertiary/aromatic N) is 3. The van der Waals surface area contributed by atoms with Crippen LogP contribution in [-0.2, 0) is 6.54 Å². The van der Waals surface area contributed by atoms with Crippen LogP contribution in [0.15, 0.2) is 67.3 Å². The predicted molar refractivity (Wildman–Crippen MR) is 95.4 cm³/mol. The smallest absolute Gasteiger partial charge is 0.254 e. The molecule has 0 aliphatic carbocycles. The van der Waals surface area contributed by atoms with Crippen molar-refractivity contribution in [2.24, 2.45) is 0 Å². The van der Waals surface area contributed by atoms with Crippen LogP contribution in [0.3, 0.4) is 0 Å². The molecule has 0 aliphatic rings. The molecule has 24 heavy (non-hydrogen) atoms. The molecule has 3 rings (SSSR count). The number of hydrogen-bond donors (Lipinski definition) is 0. The van der Waals surface area contributed by atoms with Crippen molar-refractivity contribution in [2.75, 3.05) is 6.54 Å². The fourth-order valence-corrected chi connectivity index (χ4v) is 2.73. The van der Waals surface area contributed by atoms with Crippen molar-refractivity contribution in [3.63, 3.8) is 0 Å². The van der Waals surface area contributed by atoms with Crippen molar-refractivity contribution in [1.82, 2.24) is 14.5 Å². The third-order valence-electron chi connectivity index (χ3n) is 3.90. The van der Waals surface area contributed by atoms with Gasteiger partial charge in [0.2, 0.25) is 0 Å². The summed E-state index contributed by atoms with van der Waals surface area (Å²) in [5.41, 5.74) is 2.58. The number of rotatable bonds is 5. The van der Waals surface area contributed by atoms with E-state index < -0.39 is 0 Å². The number of aromatic nitrogens is 2. The number of halogens is 1. The Morgan fingerprint density at radius 3 is 2.54 bits per heavy atom. The van der Waals surface area contributed by atoms with E-state index in [1.807, 2.05) is 66.2 Å². The molecule has 122 valence electrons. The molecule has 0 fully saturated rings. The normalized spacial score (nSPS) is 10.6. The van der Waals surface area contributed by atoms with Crippen LogP contribution < -0.4 is 0 Å². The van der Waals surface area contributed by atoms with E-state index in [1.165, 1.54) is 0 Å². The van der Waals surface area contributed by atoms with Gasteiger partial charge in [-0.2, -0.15) is 0 Å². The number of carbonyl (C=O) groups is 1. The molecule has 0 saturated heterocycles. The molecule has 0 unspecified atom stereocenters. The molecule has 0 N–H and O–H groups in total. The predicted octanol–water partition coefficient (Wildman–Crippen LogP) is 4.19. The lowest BCUT2D eigenvalue weighted by molar-refractivity contribution is 0.0752. The molecule has 1 amide bonds. The van der Waals surface area contributed by atoms with E-state index in [4.69, 9.17) is 11.6 Å². The van der Waals surface area contributed by atoms with E-state index in [2.05, 4.69) is 4.98 Å². The number of carbonyl (C=O) groups excluding carboxylic acids is 1. The van der Waals surface area contributed by atoms with Crippen LogP contribution >= 0.6 is 11.6 Å². The average molecular weight is 340 g/mol. The van der Waals surface area contributed by atoms with E-state index in [9.17, 15) is 4.79 Å². The number of amides is 1. The summed E-state index contributed by atoms with van der Waals surface area (Å²) in [4.78, 5) is 18.6. The summed E-state index contributed by atoms with van der Waals surface area (Å²) in [6.45, 7) is 3.08. The van der Waals surface area contributed by atoms with Gasteiger partial charge >= 0.3 is 0 Å². The van der Waals surface area contributed by atoms with Gasteiger partial charge in [-0.05, 0) is 42.8 Å². The van der Waals surface area contributed by atoms with Crippen molar-refractivity contribution in [3.8, 4) is 5.69 Å². The second-order valence-electron chi connectivity index (χ2n) is 5.43. The molecule has 0 radical (unpaired) electrons. The van der Waals surface area contributed by atoms with Crippen molar-refractivity contribution in [2.45, 2.75) is 13.5 Å². The SMILES string of the molecule is CCN(Cc1ccccc1Cl)C(=O)c1ccc(-n2ccnc2)cc1. The molecule has 0 spiro atoms. The fraction of sp³-hybridized carbons (Fsp3) is 0.158. The van der Waals surface area contributed by atoms with Gasteiger partial charge in [0.05, 0.1) is 6.33 Å². The Labute approximate surface area is 146 Å². The first kappa shape index (κ1) is 16.3. The highest BCUT2D eigenvalue weighted by molar-refractivity contribution is 6.31. The zero-order chi connectivity index (χ0) is 16.9. The topological polar surface area (TPSA) is 38.1 Å². The van der Waals surface area contributed by atoms with Crippen molar-refractivity contribution >= 4 is 17.5 Å². The molecule has 5 heteroatoms. The Bertz CT molecular complexity index is 813. The van der Waals surface area contributed by atoms with Crippen LogP contribution in [0.25, 0.3) is 5.69 Å². The number of benzene rings is 2. The largest absolute Gasteiger partial charge is 0.335 e. The van der Waals surface area contributed by atoms with Crippen LogP contribution in [0, 0.1) is 0 Å². The minimum absolute atomic E-state index is 0.00500. The van der Waals surface area contributed by atoms with Gasteiger partial charge in [0.15, 0.2) is 0 Å². The second kappa shape index (κ2) is 7.32. The molecule has 1 heterocycles. The third-order valence-corrected chi connectivity index (χ3v) is 4.27. The summed E-state index contributed by atoms with van der Waals surface area (Å²) >= 11 is 6.21. The zero-order valence-electron chi connectivity index (χ0n) is 13.4. The molecule has 1 aromatic heterocycles. The van der Waals surface area contributed by atoms with Gasteiger partial charge in [-0.25, -0.2) is 4.98 Å². The summed E-state index contributed by atoms with van der Waals surface area (Å²) in [5, 5.41) is 0.680. The molecule has 3 aromatic rings. The van der Waals surface area contributed by atoms with Crippen molar-refractivity contribution < 1.29 is 4.79 Å². The van der Waals surface area contributed by atoms with E-state index in [-0.39, 0.29) is 5.91 Å². The highest BCUT2D eigenvalue weighted by Crippen LogP contribution is 2.19. The number of hydrogen-bond acceptors (Lipinski definition) is 2. The first-order valence-corrected chi connectivity index (χ1v) is 8.18. The molecular weight excluding hydrogens is 322 g/mol. The lowest BCUT2D eigenvalue weighted by Crippen LogP contribution is -2.30. The van der Waals surface area contributed by atoms with Gasteiger partial charge in [-0.1, -0.05) is 29.8 Å². The van der Waals surface area contributed by atoms with Gasteiger partial charge in [0.1, 0.15) is 0 Å². The van der Waals surface area contributed by atoms with Gasteiger partial charge < -0.3 is 9.47 Å². The minimum Gasteiger partial charge on any atom is -0.335 e. The molecule has 0 aliphatic heterocycles. The van der Waals surface area contributed by atoms with Crippen LogP contribution in [0.1, 0.15) is 22.8 Å². The van der Waals surface area contributed by atoms with Crippen LogP contribution in [-0.4, -0.2) is 26.9 Å².